The quantitative estimate of drug-likeness (QED) is 0.153. The zero-order valence-corrected chi connectivity index (χ0v) is 24.6. The van der Waals surface area contributed by atoms with Gasteiger partial charge < -0.3 is 19.5 Å². The number of anilines is 1. The van der Waals surface area contributed by atoms with Crippen LogP contribution in [-0.4, -0.2) is 71.6 Å². The SMILES string of the molecule is O=CCCCCC(CCc1ccccc1OCCCCN1CCN(c2ncccn2)CC1)Cc1ccc(C(=O)O)cc1. The van der Waals surface area contributed by atoms with Crippen LogP contribution in [0.15, 0.2) is 67.0 Å². The summed E-state index contributed by atoms with van der Waals surface area (Å²) in [6, 6.07) is 17.4. The lowest BCUT2D eigenvalue weighted by Crippen LogP contribution is -2.47. The number of carboxylic acids is 1. The van der Waals surface area contributed by atoms with Crippen LogP contribution >= 0.6 is 0 Å². The minimum Gasteiger partial charge on any atom is -0.493 e. The highest BCUT2D eigenvalue weighted by Crippen LogP contribution is 2.26. The highest BCUT2D eigenvalue weighted by molar-refractivity contribution is 5.87. The van der Waals surface area contributed by atoms with Crippen molar-refractivity contribution in [3.05, 3.63) is 83.7 Å². The first-order valence-electron chi connectivity index (χ1n) is 15.3. The summed E-state index contributed by atoms with van der Waals surface area (Å²) < 4.78 is 6.26. The van der Waals surface area contributed by atoms with Gasteiger partial charge in [-0.05, 0) is 86.4 Å². The smallest absolute Gasteiger partial charge is 0.335 e. The largest absolute Gasteiger partial charge is 0.493 e. The van der Waals surface area contributed by atoms with Gasteiger partial charge in [-0.1, -0.05) is 43.2 Å². The Kier molecular flexibility index (Phi) is 12.8. The van der Waals surface area contributed by atoms with E-state index in [0.29, 0.717) is 24.5 Å². The van der Waals surface area contributed by atoms with E-state index in [4.69, 9.17) is 4.74 Å². The lowest BCUT2D eigenvalue weighted by atomic mass is 9.88. The topological polar surface area (TPSA) is 95.9 Å². The molecule has 1 saturated heterocycles. The van der Waals surface area contributed by atoms with E-state index < -0.39 is 5.97 Å². The van der Waals surface area contributed by atoms with Gasteiger partial charge in [-0.15, -0.1) is 0 Å². The molecule has 1 aliphatic rings. The molecule has 1 unspecified atom stereocenters. The second-order valence-electron chi connectivity index (χ2n) is 11.1. The Morgan fingerprint density at radius 1 is 0.905 bits per heavy atom. The minimum atomic E-state index is -0.902. The molecule has 0 amide bonds. The molecule has 0 spiro atoms. The maximum atomic E-state index is 11.2. The van der Waals surface area contributed by atoms with Gasteiger partial charge in [-0.2, -0.15) is 0 Å². The summed E-state index contributed by atoms with van der Waals surface area (Å²) in [4.78, 5) is 35.5. The third-order valence-corrected chi connectivity index (χ3v) is 8.04. The Balaban J connectivity index is 1.20. The lowest BCUT2D eigenvalue weighted by molar-refractivity contribution is -0.107. The number of carbonyl (C=O) groups is 2. The monoisotopic (exact) mass is 572 g/mol. The number of hydrogen-bond donors (Lipinski definition) is 1. The molecule has 42 heavy (non-hydrogen) atoms. The van der Waals surface area contributed by atoms with Gasteiger partial charge in [0.05, 0.1) is 12.2 Å². The summed E-state index contributed by atoms with van der Waals surface area (Å²) in [6.07, 6.45) is 13.1. The number of nitrogens with zero attached hydrogens (tertiary/aromatic N) is 4. The number of rotatable bonds is 18. The molecule has 1 fully saturated rings. The van der Waals surface area contributed by atoms with Crippen LogP contribution < -0.4 is 9.64 Å². The van der Waals surface area contributed by atoms with Crippen LogP contribution in [0.25, 0.3) is 0 Å². The van der Waals surface area contributed by atoms with Crippen LogP contribution in [0, 0.1) is 5.92 Å². The summed E-state index contributed by atoms with van der Waals surface area (Å²) >= 11 is 0. The van der Waals surface area contributed by atoms with Crippen molar-refractivity contribution in [3.8, 4) is 5.75 Å². The standard InChI is InChI=1S/C34H44N4O4/c39-25-6-1-2-9-28(27-29-13-16-31(17-14-29)33(40)41)12-15-30-10-3-4-11-32(30)42-26-7-5-20-37-21-23-38(24-22-37)34-35-18-8-19-36-34/h3-4,8,10-11,13-14,16-19,25,28H,1-2,5-7,9,12,15,20-24,26-27H2,(H,40,41). The number of hydrogen-bond acceptors (Lipinski definition) is 7. The molecule has 1 atom stereocenters. The number of para-hydroxylation sites is 1. The number of unbranched alkanes of at least 4 members (excludes halogenated alkanes) is 3. The number of benzene rings is 2. The van der Waals surface area contributed by atoms with Crippen molar-refractivity contribution in [2.45, 2.75) is 57.8 Å². The first-order valence-corrected chi connectivity index (χ1v) is 15.3. The van der Waals surface area contributed by atoms with E-state index in [9.17, 15) is 14.7 Å². The molecular formula is C34H44N4O4. The van der Waals surface area contributed by atoms with Crippen LogP contribution in [0.3, 0.4) is 0 Å². The zero-order valence-electron chi connectivity index (χ0n) is 24.6. The maximum absolute atomic E-state index is 11.2. The molecule has 0 aliphatic carbocycles. The van der Waals surface area contributed by atoms with E-state index in [0.717, 1.165) is 108 Å². The highest BCUT2D eigenvalue weighted by atomic mass is 16.5. The molecule has 4 rings (SSSR count). The van der Waals surface area contributed by atoms with Gasteiger partial charge in [0, 0.05) is 45.0 Å². The summed E-state index contributed by atoms with van der Waals surface area (Å²) in [7, 11) is 0. The van der Waals surface area contributed by atoms with Crippen LogP contribution in [0.1, 0.15) is 66.4 Å². The normalized spacial score (nSPS) is 14.4. The Hall–Kier alpha value is -3.78. The predicted molar refractivity (Wildman–Crippen MR) is 165 cm³/mol. The first-order chi connectivity index (χ1) is 20.6. The van der Waals surface area contributed by atoms with Crippen molar-refractivity contribution in [1.82, 2.24) is 14.9 Å². The molecule has 1 N–H and O–H groups in total. The molecular weight excluding hydrogens is 528 g/mol. The molecule has 8 nitrogen and oxygen atoms in total. The van der Waals surface area contributed by atoms with Gasteiger partial charge >= 0.3 is 5.97 Å². The zero-order chi connectivity index (χ0) is 29.4. The van der Waals surface area contributed by atoms with Gasteiger partial charge in [0.2, 0.25) is 5.95 Å². The molecule has 1 aromatic heterocycles. The number of ether oxygens (including phenoxy) is 1. The van der Waals surface area contributed by atoms with Crippen LogP contribution in [0.4, 0.5) is 5.95 Å². The van der Waals surface area contributed by atoms with Crippen LogP contribution in [-0.2, 0) is 17.6 Å². The Morgan fingerprint density at radius 3 is 2.40 bits per heavy atom. The number of aldehydes is 1. The van der Waals surface area contributed by atoms with Gasteiger partial charge in [0.25, 0.3) is 0 Å². The van der Waals surface area contributed by atoms with Gasteiger partial charge in [-0.3, -0.25) is 4.90 Å². The fourth-order valence-corrected chi connectivity index (χ4v) is 5.58. The molecule has 0 saturated carbocycles. The van der Waals surface area contributed by atoms with E-state index in [-0.39, 0.29) is 0 Å². The number of aromatic carboxylic acids is 1. The average molecular weight is 573 g/mol. The van der Waals surface area contributed by atoms with E-state index in [1.807, 2.05) is 24.3 Å². The number of carbonyl (C=O) groups excluding carboxylic acids is 1. The van der Waals surface area contributed by atoms with Crippen molar-refractivity contribution >= 4 is 18.2 Å². The van der Waals surface area contributed by atoms with Crippen LogP contribution in [0.2, 0.25) is 0 Å². The second-order valence-corrected chi connectivity index (χ2v) is 11.1. The Bertz CT molecular complexity index is 1210. The Labute approximate surface area is 249 Å². The lowest BCUT2D eigenvalue weighted by Gasteiger charge is -2.34. The Morgan fingerprint density at radius 2 is 1.67 bits per heavy atom. The maximum Gasteiger partial charge on any atom is 0.335 e. The van der Waals surface area contributed by atoms with Crippen molar-refractivity contribution in [2.24, 2.45) is 5.92 Å². The molecule has 224 valence electrons. The van der Waals surface area contributed by atoms with E-state index in [2.05, 4.69) is 38.0 Å². The highest BCUT2D eigenvalue weighted by Gasteiger charge is 2.18. The van der Waals surface area contributed by atoms with Crippen molar-refractivity contribution in [3.63, 3.8) is 0 Å². The van der Waals surface area contributed by atoms with Gasteiger partial charge in [0.15, 0.2) is 0 Å². The molecule has 3 aromatic rings. The number of carboxylic acid groups (broad SMARTS) is 1. The average Bonchev–Trinajstić information content (AvgIpc) is 3.03. The van der Waals surface area contributed by atoms with Crippen molar-refractivity contribution < 1.29 is 19.4 Å². The third kappa shape index (κ3) is 10.2. The van der Waals surface area contributed by atoms with Crippen molar-refractivity contribution in [1.29, 1.82) is 0 Å². The minimum absolute atomic E-state index is 0.313. The molecule has 1 aliphatic heterocycles. The summed E-state index contributed by atoms with van der Waals surface area (Å²) in [6.45, 7) is 5.76. The molecule has 2 aromatic carbocycles. The molecule has 0 radical (unpaired) electrons. The summed E-state index contributed by atoms with van der Waals surface area (Å²) in [5.74, 6) is 1.34. The summed E-state index contributed by atoms with van der Waals surface area (Å²) in [5, 5.41) is 9.21. The number of piperazine rings is 1. The third-order valence-electron chi connectivity index (χ3n) is 8.04. The van der Waals surface area contributed by atoms with E-state index >= 15 is 0 Å². The fourth-order valence-electron chi connectivity index (χ4n) is 5.58. The van der Waals surface area contributed by atoms with Crippen LogP contribution in [0.5, 0.6) is 5.75 Å². The molecule has 2 heterocycles. The molecule has 0 bridgehead atoms. The number of aryl methyl sites for hydroxylation is 1. The van der Waals surface area contributed by atoms with E-state index in [1.165, 1.54) is 5.56 Å². The van der Waals surface area contributed by atoms with Gasteiger partial charge in [-0.25, -0.2) is 14.8 Å². The number of aromatic nitrogens is 2. The summed E-state index contributed by atoms with van der Waals surface area (Å²) in [5.41, 5.74) is 2.70. The van der Waals surface area contributed by atoms with E-state index in [1.54, 1.807) is 24.5 Å². The first kappa shape index (κ1) is 31.2. The second kappa shape index (κ2) is 17.2. The fraction of sp³-hybridized carbons (Fsp3) is 0.471. The van der Waals surface area contributed by atoms with Gasteiger partial charge in [0.1, 0.15) is 12.0 Å². The van der Waals surface area contributed by atoms with Crippen molar-refractivity contribution in [2.75, 3.05) is 44.2 Å². The molecule has 8 heteroatoms. The predicted octanol–water partition coefficient (Wildman–Crippen LogP) is 5.71.